The van der Waals surface area contributed by atoms with Gasteiger partial charge in [0.25, 0.3) is 5.91 Å². The number of carbonyl (C=O) groups excluding carboxylic acids is 2. The van der Waals surface area contributed by atoms with E-state index >= 15 is 0 Å². The Bertz CT molecular complexity index is 829. The van der Waals surface area contributed by atoms with Gasteiger partial charge in [-0.15, -0.1) is 0 Å². The number of hydrogen-bond donors (Lipinski definition) is 1. The van der Waals surface area contributed by atoms with E-state index in [1.807, 2.05) is 39.0 Å². The molecule has 144 valence electrons. The predicted molar refractivity (Wildman–Crippen MR) is 106 cm³/mol. The van der Waals surface area contributed by atoms with Gasteiger partial charge in [-0.25, -0.2) is 4.79 Å². The molecule has 0 aromatic heterocycles. The maximum Gasteiger partial charge on any atom is 0.338 e. The van der Waals surface area contributed by atoms with Crippen molar-refractivity contribution in [2.75, 3.05) is 11.9 Å². The number of hydrogen-bond acceptors (Lipinski definition) is 4. The first-order valence-corrected chi connectivity index (χ1v) is 9.18. The minimum absolute atomic E-state index is 0.250. The molecule has 0 radical (unpaired) electrons. The molecule has 0 saturated carbocycles. The molecule has 1 amide bonds. The fraction of sp³-hybridized carbons (Fsp3) is 0.364. The Balaban J connectivity index is 2.15. The second-order valence-corrected chi connectivity index (χ2v) is 6.45. The summed E-state index contributed by atoms with van der Waals surface area (Å²) in [5.74, 6) is 0.0152. The second-order valence-electron chi connectivity index (χ2n) is 6.45. The third kappa shape index (κ3) is 5.09. The van der Waals surface area contributed by atoms with Crippen LogP contribution >= 0.6 is 0 Å². The highest BCUT2D eigenvalue weighted by Gasteiger charge is 2.21. The fourth-order valence-electron chi connectivity index (χ4n) is 2.69. The highest BCUT2D eigenvalue weighted by molar-refractivity contribution is 5.98. The fourth-order valence-corrected chi connectivity index (χ4v) is 2.69. The number of ether oxygens (including phenoxy) is 2. The zero-order valence-corrected chi connectivity index (χ0v) is 16.6. The van der Waals surface area contributed by atoms with Crippen LogP contribution in [0.1, 0.15) is 47.3 Å². The molecule has 0 unspecified atom stereocenters. The second kappa shape index (κ2) is 9.21. The van der Waals surface area contributed by atoms with E-state index < -0.39 is 12.1 Å². The standard InChI is InChI=1S/C22H27NO4/c1-6-20(27-17-12-11-14(3)15(4)13-17)21(24)23-19-10-8-9-18(16(19)5)22(25)26-7-2/h8-13,20H,6-7H2,1-5H3,(H,23,24)/t20-/m0/s1. The van der Waals surface area contributed by atoms with Gasteiger partial charge < -0.3 is 14.8 Å². The number of nitrogens with one attached hydrogen (secondary N) is 1. The Labute approximate surface area is 160 Å². The molecule has 27 heavy (non-hydrogen) atoms. The van der Waals surface area contributed by atoms with E-state index in [4.69, 9.17) is 9.47 Å². The van der Waals surface area contributed by atoms with E-state index in [1.165, 1.54) is 5.56 Å². The molecule has 1 N–H and O–H groups in total. The summed E-state index contributed by atoms with van der Waals surface area (Å²) in [6.45, 7) is 9.78. The van der Waals surface area contributed by atoms with Crippen LogP contribution in [0.3, 0.4) is 0 Å². The van der Waals surface area contributed by atoms with Crippen LogP contribution in [0.2, 0.25) is 0 Å². The van der Waals surface area contributed by atoms with Crippen molar-refractivity contribution in [2.45, 2.75) is 47.1 Å². The van der Waals surface area contributed by atoms with Crippen molar-refractivity contribution >= 4 is 17.6 Å². The number of amides is 1. The molecule has 5 heteroatoms. The molecule has 2 aromatic carbocycles. The molecule has 1 atom stereocenters. The lowest BCUT2D eigenvalue weighted by atomic mass is 10.1. The van der Waals surface area contributed by atoms with Crippen molar-refractivity contribution < 1.29 is 19.1 Å². The maximum absolute atomic E-state index is 12.7. The first kappa shape index (κ1) is 20.5. The van der Waals surface area contributed by atoms with Crippen molar-refractivity contribution in [2.24, 2.45) is 0 Å². The Morgan fingerprint density at radius 3 is 2.41 bits per heavy atom. The van der Waals surface area contributed by atoms with E-state index in [1.54, 1.807) is 32.0 Å². The van der Waals surface area contributed by atoms with Crippen molar-refractivity contribution in [1.82, 2.24) is 0 Å². The average molecular weight is 369 g/mol. The molecule has 5 nitrogen and oxygen atoms in total. The van der Waals surface area contributed by atoms with Gasteiger partial charge in [0, 0.05) is 5.69 Å². The Hall–Kier alpha value is -2.82. The summed E-state index contributed by atoms with van der Waals surface area (Å²) in [5, 5.41) is 2.87. The van der Waals surface area contributed by atoms with Gasteiger partial charge in [0.05, 0.1) is 12.2 Å². The van der Waals surface area contributed by atoms with Gasteiger partial charge in [-0.05, 0) is 75.1 Å². The predicted octanol–water partition coefficient (Wildman–Crippen LogP) is 4.58. The zero-order chi connectivity index (χ0) is 20.0. The van der Waals surface area contributed by atoms with Crippen LogP contribution in [0.5, 0.6) is 5.75 Å². The minimum atomic E-state index is -0.627. The van der Waals surface area contributed by atoms with E-state index in [0.717, 1.165) is 5.56 Å². The van der Waals surface area contributed by atoms with Gasteiger partial charge in [-0.3, -0.25) is 4.79 Å². The number of benzene rings is 2. The summed E-state index contributed by atoms with van der Waals surface area (Å²) in [7, 11) is 0. The lowest BCUT2D eigenvalue weighted by molar-refractivity contribution is -0.122. The molecule has 0 aliphatic carbocycles. The van der Waals surface area contributed by atoms with Crippen molar-refractivity contribution in [3.8, 4) is 5.75 Å². The molecule has 0 heterocycles. The molecule has 0 bridgehead atoms. The molecule has 2 aromatic rings. The first-order chi connectivity index (χ1) is 12.9. The monoisotopic (exact) mass is 369 g/mol. The molecule has 2 rings (SSSR count). The van der Waals surface area contributed by atoms with E-state index in [0.29, 0.717) is 35.6 Å². The minimum Gasteiger partial charge on any atom is -0.481 e. The third-order valence-corrected chi connectivity index (χ3v) is 4.51. The summed E-state index contributed by atoms with van der Waals surface area (Å²) < 4.78 is 10.9. The lowest BCUT2D eigenvalue weighted by Crippen LogP contribution is -2.32. The van der Waals surface area contributed by atoms with E-state index in [-0.39, 0.29) is 5.91 Å². The molecular weight excluding hydrogens is 342 g/mol. The van der Waals surface area contributed by atoms with Gasteiger partial charge in [0.2, 0.25) is 0 Å². The molecule has 0 aliphatic heterocycles. The van der Waals surface area contributed by atoms with Gasteiger partial charge in [-0.1, -0.05) is 19.1 Å². The number of carbonyl (C=O) groups is 2. The van der Waals surface area contributed by atoms with Crippen LogP contribution in [0.15, 0.2) is 36.4 Å². The van der Waals surface area contributed by atoms with Gasteiger partial charge in [0.1, 0.15) is 5.75 Å². The smallest absolute Gasteiger partial charge is 0.338 e. The summed E-state index contributed by atoms with van der Waals surface area (Å²) in [6, 6.07) is 10.9. The number of rotatable bonds is 7. The average Bonchev–Trinajstić information content (AvgIpc) is 2.64. The van der Waals surface area contributed by atoms with Crippen molar-refractivity contribution in [3.05, 3.63) is 58.7 Å². The molecule has 0 aliphatic rings. The van der Waals surface area contributed by atoms with Crippen LogP contribution in [-0.4, -0.2) is 24.6 Å². The maximum atomic E-state index is 12.7. The summed E-state index contributed by atoms with van der Waals surface area (Å²) in [4.78, 5) is 24.7. The zero-order valence-electron chi connectivity index (χ0n) is 16.6. The van der Waals surface area contributed by atoms with Crippen LogP contribution in [0.4, 0.5) is 5.69 Å². The lowest BCUT2D eigenvalue weighted by Gasteiger charge is -2.19. The number of aryl methyl sites for hydroxylation is 2. The van der Waals surface area contributed by atoms with Crippen LogP contribution in [0, 0.1) is 20.8 Å². The highest BCUT2D eigenvalue weighted by Crippen LogP contribution is 2.22. The number of esters is 1. The van der Waals surface area contributed by atoms with E-state index in [2.05, 4.69) is 5.32 Å². The van der Waals surface area contributed by atoms with Gasteiger partial charge in [-0.2, -0.15) is 0 Å². The van der Waals surface area contributed by atoms with Crippen molar-refractivity contribution in [1.29, 1.82) is 0 Å². The third-order valence-electron chi connectivity index (χ3n) is 4.51. The van der Waals surface area contributed by atoms with E-state index in [9.17, 15) is 9.59 Å². The van der Waals surface area contributed by atoms with Crippen LogP contribution in [0.25, 0.3) is 0 Å². The van der Waals surface area contributed by atoms with Gasteiger partial charge >= 0.3 is 5.97 Å². The highest BCUT2D eigenvalue weighted by atomic mass is 16.5. The Kier molecular flexibility index (Phi) is 6.99. The van der Waals surface area contributed by atoms with Crippen LogP contribution in [-0.2, 0) is 9.53 Å². The van der Waals surface area contributed by atoms with Crippen molar-refractivity contribution in [3.63, 3.8) is 0 Å². The quantitative estimate of drug-likeness (QED) is 0.725. The molecule has 0 saturated heterocycles. The molecular formula is C22H27NO4. The Morgan fingerprint density at radius 1 is 1.04 bits per heavy atom. The summed E-state index contributed by atoms with van der Waals surface area (Å²) in [5.41, 5.74) is 3.97. The van der Waals surface area contributed by atoms with Crippen LogP contribution < -0.4 is 10.1 Å². The largest absolute Gasteiger partial charge is 0.481 e. The summed E-state index contributed by atoms with van der Waals surface area (Å²) in [6.07, 6.45) is -0.104. The molecule has 0 spiro atoms. The van der Waals surface area contributed by atoms with Gasteiger partial charge in [0.15, 0.2) is 6.10 Å². The number of anilines is 1. The normalized spacial score (nSPS) is 11.6. The first-order valence-electron chi connectivity index (χ1n) is 9.18. The summed E-state index contributed by atoms with van der Waals surface area (Å²) >= 11 is 0. The topological polar surface area (TPSA) is 64.6 Å². The molecule has 0 fully saturated rings. The Morgan fingerprint density at radius 2 is 1.78 bits per heavy atom. The SMILES string of the molecule is CCOC(=O)c1cccc(NC(=O)[C@H](CC)Oc2ccc(C)c(C)c2)c1C.